The molecule has 2 aromatic carbocycles. The van der Waals surface area contributed by atoms with E-state index in [4.69, 9.17) is 22.1 Å². The molecule has 0 saturated heterocycles. The fourth-order valence-corrected chi connectivity index (χ4v) is 1.89. The Hall–Kier alpha value is -1.84. The summed E-state index contributed by atoms with van der Waals surface area (Å²) in [6, 6.07) is 14.0. The van der Waals surface area contributed by atoms with Gasteiger partial charge >= 0.3 is 0 Å². The summed E-state index contributed by atoms with van der Waals surface area (Å²) in [5, 5.41) is 0.499. The molecule has 0 amide bonds. The van der Waals surface area contributed by atoms with Crippen LogP contribution in [0.25, 0.3) is 0 Å². The van der Waals surface area contributed by atoms with E-state index in [1.54, 1.807) is 30.3 Å². The Labute approximate surface area is 117 Å². The average molecular weight is 276 g/mol. The van der Waals surface area contributed by atoms with Crippen LogP contribution in [0.15, 0.2) is 48.5 Å². The smallest absolute Gasteiger partial charge is 0.196 e. The van der Waals surface area contributed by atoms with E-state index < -0.39 is 0 Å². The van der Waals surface area contributed by atoms with Gasteiger partial charge in [0, 0.05) is 17.1 Å². The number of carbonyl (C=O) groups is 1. The molecule has 0 saturated carbocycles. The number of hydrogen-bond donors (Lipinski definition) is 1. The zero-order valence-electron chi connectivity index (χ0n) is 10.3. The fourth-order valence-electron chi connectivity index (χ4n) is 1.72. The number of nitrogens with two attached hydrogens (primary N) is 1. The van der Waals surface area contributed by atoms with Gasteiger partial charge in [-0.05, 0) is 18.2 Å². The molecule has 0 aliphatic heterocycles. The Balaban J connectivity index is 2.37. The molecule has 0 atom stereocenters. The minimum absolute atomic E-state index is 0.116. The van der Waals surface area contributed by atoms with Gasteiger partial charge in [-0.15, -0.1) is 0 Å². The molecule has 0 spiro atoms. The Kier molecular flexibility index (Phi) is 4.55. The van der Waals surface area contributed by atoms with Crippen LogP contribution < -0.4 is 10.5 Å². The molecule has 4 heteroatoms. The van der Waals surface area contributed by atoms with Crippen molar-refractivity contribution in [2.24, 2.45) is 5.73 Å². The van der Waals surface area contributed by atoms with Crippen molar-refractivity contribution in [1.29, 1.82) is 0 Å². The molecule has 2 rings (SSSR count). The van der Waals surface area contributed by atoms with E-state index in [1.165, 1.54) is 0 Å². The van der Waals surface area contributed by atoms with Crippen molar-refractivity contribution in [3.63, 3.8) is 0 Å². The number of rotatable bonds is 5. The van der Waals surface area contributed by atoms with E-state index in [2.05, 4.69) is 0 Å². The predicted octanol–water partition coefficient (Wildman–Crippen LogP) is 2.91. The standard InChI is InChI=1S/C15H14ClNO2/c16-12-6-7-14(19-9-8-17)13(10-12)15(18)11-4-2-1-3-5-11/h1-7,10H,8-9,17H2. The molecule has 0 unspecified atom stereocenters. The lowest BCUT2D eigenvalue weighted by Gasteiger charge is -2.10. The van der Waals surface area contributed by atoms with Crippen molar-refractivity contribution in [1.82, 2.24) is 0 Å². The predicted molar refractivity (Wildman–Crippen MR) is 75.9 cm³/mol. The highest BCUT2D eigenvalue weighted by atomic mass is 35.5. The minimum Gasteiger partial charge on any atom is -0.492 e. The van der Waals surface area contributed by atoms with Gasteiger partial charge in [0.25, 0.3) is 0 Å². The van der Waals surface area contributed by atoms with Gasteiger partial charge in [-0.3, -0.25) is 4.79 Å². The van der Waals surface area contributed by atoms with E-state index in [1.807, 2.05) is 18.2 Å². The van der Waals surface area contributed by atoms with Crippen LogP contribution in [0.5, 0.6) is 5.75 Å². The van der Waals surface area contributed by atoms with Crippen molar-refractivity contribution in [2.45, 2.75) is 0 Å². The van der Waals surface area contributed by atoms with Gasteiger partial charge in [0.05, 0.1) is 5.56 Å². The Morgan fingerprint density at radius 3 is 2.58 bits per heavy atom. The first kappa shape index (κ1) is 13.6. The molecule has 19 heavy (non-hydrogen) atoms. The summed E-state index contributed by atoms with van der Waals surface area (Å²) in [5.41, 5.74) is 6.46. The van der Waals surface area contributed by atoms with Crippen LogP contribution in [0.1, 0.15) is 15.9 Å². The van der Waals surface area contributed by atoms with Crippen LogP contribution in [0.2, 0.25) is 5.02 Å². The van der Waals surface area contributed by atoms with Crippen molar-refractivity contribution in [3.05, 3.63) is 64.7 Å². The van der Waals surface area contributed by atoms with Crippen molar-refractivity contribution in [2.75, 3.05) is 13.2 Å². The highest BCUT2D eigenvalue weighted by molar-refractivity contribution is 6.31. The lowest BCUT2D eigenvalue weighted by molar-refractivity contribution is 0.103. The van der Waals surface area contributed by atoms with E-state index in [-0.39, 0.29) is 5.78 Å². The third kappa shape index (κ3) is 3.34. The van der Waals surface area contributed by atoms with Gasteiger partial charge in [-0.2, -0.15) is 0 Å². The fraction of sp³-hybridized carbons (Fsp3) is 0.133. The van der Waals surface area contributed by atoms with E-state index in [0.717, 1.165) is 0 Å². The molecule has 0 aliphatic carbocycles. The van der Waals surface area contributed by atoms with Crippen LogP contribution in [0.3, 0.4) is 0 Å². The topological polar surface area (TPSA) is 52.3 Å². The molecule has 0 aliphatic rings. The second-order valence-corrected chi connectivity index (χ2v) is 4.41. The average Bonchev–Trinajstić information content (AvgIpc) is 2.46. The normalized spacial score (nSPS) is 10.2. The largest absolute Gasteiger partial charge is 0.492 e. The maximum absolute atomic E-state index is 12.4. The molecule has 0 aromatic heterocycles. The van der Waals surface area contributed by atoms with Crippen molar-refractivity contribution in [3.8, 4) is 5.75 Å². The number of hydrogen-bond acceptors (Lipinski definition) is 3. The Morgan fingerprint density at radius 2 is 1.89 bits per heavy atom. The first-order valence-electron chi connectivity index (χ1n) is 5.94. The highest BCUT2D eigenvalue weighted by Crippen LogP contribution is 2.25. The summed E-state index contributed by atoms with van der Waals surface area (Å²) < 4.78 is 5.48. The lowest BCUT2D eigenvalue weighted by atomic mass is 10.0. The Bertz CT molecular complexity index is 570. The van der Waals surface area contributed by atoms with Gasteiger partial charge in [0.1, 0.15) is 12.4 Å². The summed E-state index contributed by atoms with van der Waals surface area (Å²) in [6.07, 6.45) is 0. The number of carbonyl (C=O) groups excluding carboxylic acids is 1. The van der Waals surface area contributed by atoms with Crippen LogP contribution in [-0.4, -0.2) is 18.9 Å². The first-order valence-corrected chi connectivity index (χ1v) is 6.32. The molecule has 0 heterocycles. The third-order valence-corrected chi connectivity index (χ3v) is 2.83. The van der Waals surface area contributed by atoms with E-state index in [9.17, 15) is 4.79 Å². The Morgan fingerprint density at radius 1 is 1.16 bits per heavy atom. The zero-order chi connectivity index (χ0) is 13.7. The molecule has 3 nitrogen and oxygen atoms in total. The van der Waals surface area contributed by atoms with Gasteiger partial charge in [-0.25, -0.2) is 0 Å². The SMILES string of the molecule is NCCOc1ccc(Cl)cc1C(=O)c1ccccc1. The van der Waals surface area contributed by atoms with Crippen LogP contribution in [0.4, 0.5) is 0 Å². The summed E-state index contributed by atoms with van der Waals surface area (Å²) >= 11 is 5.95. The van der Waals surface area contributed by atoms with Crippen LogP contribution in [-0.2, 0) is 0 Å². The third-order valence-electron chi connectivity index (χ3n) is 2.60. The van der Waals surface area contributed by atoms with Gasteiger partial charge in [0.15, 0.2) is 5.78 Å². The molecule has 0 radical (unpaired) electrons. The van der Waals surface area contributed by atoms with E-state index >= 15 is 0 Å². The van der Waals surface area contributed by atoms with Gasteiger partial charge in [0.2, 0.25) is 0 Å². The monoisotopic (exact) mass is 275 g/mol. The lowest BCUT2D eigenvalue weighted by Crippen LogP contribution is -2.13. The number of halogens is 1. The number of ketones is 1. The van der Waals surface area contributed by atoms with Gasteiger partial charge < -0.3 is 10.5 Å². The molecule has 98 valence electrons. The second kappa shape index (κ2) is 6.36. The van der Waals surface area contributed by atoms with E-state index in [0.29, 0.717) is 35.1 Å². The molecular weight excluding hydrogens is 262 g/mol. The zero-order valence-corrected chi connectivity index (χ0v) is 11.1. The second-order valence-electron chi connectivity index (χ2n) is 3.97. The molecule has 2 N–H and O–H groups in total. The quantitative estimate of drug-likeness (QED) is 0.854. The molecule has 0 fully saturated rings. The van der Waals surface area contributed by atoms with Crippen molar-refractivity contribution >= 4 is 17.4 Å². The van der Waals surface area contributed by atoms with Crippen LogP contribution in [0, 0.1) is 0 Å². The minimum atomic E-state index is -0.116. The maximum atomic E-state index is 12.4. The van der Waals surface area contributed by atoms with Crippen LogP contribution >= 0.6 is 11.6 Å². The molecular formula is C15H14ClNO2. The highest BCUT2D eigenvalue weighted by Gasteiger charge is 2.15. The number of benzene rings is 2. The van der Waals surface area contributed by atoms with Crippen molar-refractivity contribution < 1.29 is 9.53 Å². The maximum Gasteiger partial charge on any atom is 0.196 e. The summed E-state index contributed by atoms with van der Waals surface area (Å²) in [6.45, 7) is 0.748. The van der Waals surface area contributed by atoms with Gasteiger partial charge in [-0.1, -0.05) is 41.9 Å². The summed E-state index contributed by atoms with van der Waals surface area (Å²) in [5.74, 6) is 0.388. The number of ether oxygens (including phenoxy) is 1. The summed E-state index contributed by atoms with van der Waals surface area (Å²) in [4.78, 5) is 12.4. The summed E-state index contributed by atoms with van der Waals surface area (Å²) in [7, 11) is 0. The first-order chi connectivity index (χ1) is 9.22. The molecule has 0 bridgehead atoms. The molecule has 2 aromatic rings.